The molecule has 2 aliphatic rings. The van der Waals surface area contributed by atoms with E-state index < -0.39 is 5.60 Å². The number of aliphatic imine (C=N–C) groups is 1. The predicted molar refractivity (Wildman–Crippen MR) is 100 cm³/mol. The fourth-order valence-corrected chi connectivity index (χ4v) is 4.66. The molecule has 0 spiro atoms. The average molecular weight is 343 g/mol. The van der Waals surface area contributed by atoms with E-state index in [1.54, 1.807) is 11.3 Å². The maximum Gasteiger partial charge on any atom is 0.126 e. The van der Waals surface area contributed by atoms with Gasteiger partial charge in [-0.1, -0.05) is 13.0 Å². The van der Waals surface area contributed by atoms with Crippen LogP contribution < -0.4 is 0 Å². The Morgan fingerprint density at radius 2 is 2.08 bits per heavy atom. The Morgan fingerprint density at radius 3 is 2.79 bits per heavy atom. The molecule has 1 saturated heterocycles. The van der Waals surface area contributed by atoms with Crippen LogP contribution in [-0.2, 0) is 5.60 Å². The van der Waals surface area contributed by atoms with E-state index in [1.165, 1.54) is 17.7 Å². The van der Waals surface area contributed by atoms with Gasteiger partial charge in [0.1, 0.15) is 10.6 Å². The molecule has 4 nitrogen and oxygen atoms in total. The van der Waals surface area contributed by atoms with Crippen molar-refractivity contribution < 1.29 is 5.11 Å². The number of thiazole rings is 1. The van der Waals surface area contributed by atoms with Gasteiger partial charge in [-0.15, -0.1) is 11.3 Å². The largest absolute Gasteiger partial charge is 0.383 e. The van der Waals surface area contributed by atoms with Crippen LogP contribution in [0.15, 0.2) is 23.2 Å². The third kappa shape index (κ3) is 3.01. The van der Waals surface area contributed by atoms with E-state index in [0.717, 1.165) is 54.1 Å². The molecule has 0 unspecified atom stereocenters. The van der Waals surface area contributed by atoms with Crippen molar-refractivity contribution in [3.63, 3.8) is 0 Å². The van der Waals surface area contributed by atoms with Crippen LogP contribution in [0.5, 0.6) is 0 Å². The van der Waals surface area contributed by atoms with Crippen LogP contribution in [-0.4, -0.2) is 47.4 Å². The molecule has 2 aliphatic heterocycles. The van der Waals surface area contributed by atoms with E-state index >= 15 is 0 Å². The number of rotatable bonds is 2. The van der Waals surface area contributed by atoms with Crippen LogP contribution in [0.3, 0.4) is 0 Å². The van der Waals surface area contributed by atoms with Gasteiger partial charge in [-0.3, -0.25) is 4.99 Å². The zero-order valence-corrected chi connectivity index (χ0v) is 15.3. The maximum atomic E-state index is 11.0. The van der Waals surface area contributed by atoms with Crippen molar-refractivity contribution in [2.75, 3.05) is 26.7 Å². The van der Waals surface area contributed by atoms with Crippen molar-refractivity contribution >= 4 is 27.3 Å². The highest BCUT2D eigenvalue weighted by molar-refractivity contribution is 7.18. The lowest BCUT2D eigenvalue weighted by Gasteiger charge is -2.34. The quantitative estimate of drug-likeness (QED) is 0.909. The lowest BCUT2D eigenvalue weighted by Crippen LogP contribution is -2.40. The summed E-state index contributed by atoms with van der Waals surface area (Å²) >= 11 is 1.64. The van der Waals surface area contributed by atoms with Crippen molar-refractivity contribution in [1.82, 2.24) is 9.88 Å². The molecule has 0 bridgehead atoms. The first-order chi connectivity index (χ1) is 11.5. The van der Waals surface area contributed by atoms with Gasteiger partial charge in [0.15, 0.2) is 0 Å². The lowest BCUT2D eigenvalue weighted by atomic mass is 9.92. The molecule has 1 atom stereocenters. The molecular formula is C19H25N3OS. The highest BCUT2D eigenvalue weighted by atomic mass is 32.1. The van der Waals surface area contributed by atoms with E-state index in [4.69, 9.17) is 9.98 Å². The van der Waals surface area contributed by atoms with Crippen LogP contribution in [0.2, 0.25) is 0 Å². The first kappa shape index (κ1) is 16.2. The minimum absolute atomic E-state index is 0.696. The Bertz CT molecular complexity index is 774. The minimum atomic E-state index is -0.756. The van der Waals surface area contributed by atoms with Crippen LogP contribution in [0.25, 0.3) is 10.2 Å². The first-order valence-corrected chi connectivity index (χ1v) is 9.71. The molecule has 128 valence electrons. The molecule has 0 amide bonds. The fraction of sp³-hybridized carbons (Fsp3) is 0.579. The van der Waals surface area contributed by atoms with E-state index in [1.807, 2.05) is 0 Å². The number of hydrogen-bond acceptors (Lipinski definition) is 5. The number of hydrogen-bond donors (Lipinski definition) is 1. The molecule has 2 aromatic rings. The van der Waals surface area contributed by atoms with Gasteiger partial charge in [0.2, 0.25) is 0 Å². The van der Waals surface area contributed by atoms with Gasteiger partial charge in [-0.25, -0.2) is 4.98 Å². The summed E-state index contributed by atoms with van der Waals surface area (Å²) in [5, 5.41) is 11.9. The van der Waals surface area contributed by atoms with Crippen LogP contribution in [0.4, 0.5) is 0 Å². The Balaban J connectivity index is 1.64. The third-order valence-electron chi connectivity index (χ3n) is 5.40. The molecule has 24 heavy (non-hydrogen) atoms. The lowest BCUT2D eigenvalue weighted by molar-refractivity contribution is -0.0202. The SMILES string of the molecule is C[C@H]1CCC(c2ccc3sc(C4(O)CCN(C)CC4)nc3c2)=NC1. The topological polar surface area (TPSA) is 48.7 Å². The van der Waals surface area contributed by atoms with Gasteiger partial charge < -0.3 is 10.0 Å². The van der Waals surface area contributed by atoms with Gasteiger partial charge in [-0.2, -0.15) is 0 Å². The van der Waals surface area contributed by atoms with Crippen molar-refractivity contribution in [3.05, 3.63) is 28.8 Å². The summed E-state index contributed by atoms with van der Waals surface area (Å²) in [5.74, 6) is 0.696. The van der Waals surface area contributed by atoms with Gasteiger partial charge in [0, 0.05) is 25.3 Å². The molecule has 1 fully saturated rings. The van der Waals surface area contributed by atoms with Gasteiger partial charge in [0.25, 0.3) is 0 Å². The number of aliphatic hydroxyl groups is 1. The second kappa shape index (κ2) is 6.21. The standard InChI is InChI=1S/C19H25N3OS/c1-13-3-5-15(20-12-13)14-4-6-17-16(11-14)21-18(24-17)19(23)7-9-22(2)10-8-19/h4,6,11,13,23H,3,5,7-10,12H2,1-2H3/t13-/m0/s1. The van der Waals surface area contributed by atoms with E-state index in [-0.39, 0.29) is 0 Å². The molecule has 4 rings (SSSR count). The number of nitrogens with zero attached hydrogens (tertiary/aromatic N) is 3. The van der Waals surface area contributed by atoms with E-state index in [9.17, 15) is 5.11 Å². The number of piperidine rings is 1. The molecule has 0 radical (unpaired) electrons. The summed E-state index contributed by atoms with van der Waals surface area (Å²) in [5.41, 5.74) is 2.65. The first-order valence-electron chi connectivity index (χ1n) is 8.89. The monoisotopic (exact) mass is 343 g/mol. The number of aromatic nitrogens is 1. The molecule has 0 aliphatic carbocycles. The van der Waals surface area contributed by atoms with Crippen molar-refractivity contribution in [2.24, 2.45) is 10.9 Å². The van der Waals surface area contributed by atoms with Crippen molar-refractivity contribution in [1.29, 1.82) is 0 Å². The Hall–Kier alpha value is -1.30. The van der Waals surface area contributed by atoms with Crippen LogP contribution in [0, 0.1) is 5.92 Å². The van der Waals surface area contributed by atoms with E-state index in [0.29, 0.717) is 5.92 Å². The molecule has 5 heteroatoms. The van der Waals surface area contributed by atoms with Gasteiger partial charge in [-0.05, 0) is 56.3 Å². The smallest absolute Gasteiger partial charge is 0.126 e. The summed E-state index contributed by atoms with van der Waals surface area (Å²) < 4.78 is 1.16. The van der Waals surface area contributed by atoms with Crippen molar-refractivity contribution in [3.8, 4) is 0 Å². The molecule has 1 aromatic carbocycles. The number of benzene rings is 1. The van der Waals surface area contributed by atoms with Crippen LogP contribution in [0.1, 0.15) is 43.2 Å². The summed E-state index contributed by atoms with van der Waals surface area (Å²) in [6, 6.07) is 6.46. The van der Waals surface area contributed by atoms with Gasteiger partial charge in [0.05, 0.1) is 10.2 Å². The zero-order chi connectivity index (χ0) is 16.7. The fourth-order valence-electron chi connectivity index (χ4n) is 3.56. The number of likely N-dealkylation sites (tertiary alicyclic amines) is 1. The number of fused-ring (bicyclic) bond motifs is 1. The predicted octanol–water partition coefficient (Wildman–Crippen LogP) is 3.43. The Morgan fingerprint density at radius 1 is 1.29 bits per heavy atom. The third-order valence-corrected chi connectivity index (χ3v) is 6.63. The van der Waals surface area contributed by atoms with Gasteiger partial charge >= 0.3 is 0 Å². The Kier molecular flexibility index (Phi) is 4.19. The molecule has 0 saturated carbocycles. The summed E-state index contributed by atoms with van der Waals surface area (Å²) in [6.07, 6.45) is 3.80. The normalized spacial score (nSPS) is 25.0. The second-order valence-electron chi connectivity index (χ2n) is 7.47. The molecular weight excluding hydrogens is 318 g/mol. The van der Waals surface area contributed by atoms with E-state index in [2.05, 4.69) is 37.1 Å². The minimum Gasteiger partial charge on any atom is -0.383 e. The molecule has 1 N–H and O–H groups in total. The molecule has 3 heterocycles. The summed E-state index contributed by atoms with van der Waals surface area (Å²) in [4.78, 5) is 11.8. The summed E-state index contributed by atoms with van der Waals surface area (Å²) in [7, 11) is 2.11. The second-order valence-corrected chi connectivity index (χ2v) is 8.50. The summed E-state index contributed by atoms with van der Waals surface area (Å²) in [6.45, 7) is 5.04. The average Bonchev–Trinajstić information content (AvgIpc) is 3.02. The maximum absolute atomic E-state index is 11.0. The zero-order valence-electron chi connectivity index (χ0n) is 14.5. The Labute approximate surface area is 147 Å². The highest BCUT2D eigenvalue weighted by Crippen LogP contribution is 2.37. The van der Waals surface area contributed by atoms with Crippen LogP contribution >= 0.6 is 11.3 Å². The van der Waals surface area contributed by atoms with Crippen molar-refractivity contribution in [2.45, 2.75) is 38.2 Å². The highest BCUT2D eigenvalue weighted by Gasteiger charge is 2.36. The molecule has 1 aromatic heterocycles.